The fourth-order valence-electron chi connectivity index (χ4n) is 6.60. The van der Waals surface area contributed by atoms with Crippen molar-refractivity contribution in [2.75, 3.05) is 73.6 Å². The summed E-state index contributed by atoms with van der Waals surface area (Å²) in [6, 6.07) is 14.4. The molecule has 2 aliphatic heterocycles. The summed E-state index contributed by atoms with van der Waals surface area (Å²) in [4.78, 5) is 33.5. The lowest BCUT2D eigenvalue weighted by Crippen LogP contribution is -2.57. The molecule has 0 spiro atoms. The van der Waals surface area contributed by atoms with Gasteiger partial charge < -0.3 is 28.6 Å². The summed E-state index contributed by atoms with van der Waals surface area (Å²) in [7, 11) is 6.34. The summed E-state index contributed by atoms with van der Waals surface area (Å²) < 4.78 is 58.4. The van der Waals surface area contributed by atoms with Gasteiger partial charge in [0.2, 0.25) is 0 Å². The Kier molecular flexibility index (Phi) is 11.2. The van der Waals surface area contributed by atoms with Crippen molar-refractivity contribution in [3.05, 3.63) is 76.3 Å². The minimum absolute atomic E-state index is 0.0113. The molecule has 2 aliphatic rings. The predicted octanol–water partition coefficient (Wildman–Crippen LogP) is 4.54. The van der Waals surface area contributed by atoms with Gasteiger partial charge in [-0.05, 0) is 67.9 Å². The molecule has 1 saturated heterocycles. The Bertz CT molecular complexity index is 1860. The lowest BCUT2D eigenvalue weighted by Gasteiger charge is -2.41. The Labute approximate surface area is 298 Å². The summed E-state index contributed by atoms with van der Waals surface area (Å²) in [6.45, 7) is 1.92. The molecule has 0 saturated carbocycles. The van der Waals surface area contributed by atoms with Crippen LogP contribution in [0.3, 0.4) is 0 Å². The summed E-state index contributed by atoms with van der Waals surface area (Å²) >= 11 is 6.66. The first kappa shape index (κ1) is 37.2. The first-order valence-electron chi connectivity index (χ1n) is 16.0. The average Bonchev–Trinajstić information content (AvgIpc) is 3.66. The number of halogens is 1. The Morgan fingerprint density at radius 3 is 2.34 bits per heavy atom. The van der Waals surface area contributed by atoms with Crippen LogP contribution >= 0.6 is 11.6 Å². The summed E-state index contributed by atoms with van der Waals surface area (Å²) in [5.41, 5.74) is -0.283. The lowest BCUT2D eigenvalue weighted by molar-refractivity contribution is -0.132. The van der Waals surface area contributed by atoms with Crippen LogP contribution in [0.2, 0.25) is 5.02 Å². The van der Waals surface area contributed by atoms with Crippen LogP contribution in [0.4, 0.5) is 10.5 Å². The van der Waals surface area contributed by atoms with E-state index in [4.69, 9.17) is 35.3 Å². The Morgan fingerprint density at radius 2 is 1.68 bits per heavy atom. The van der Waals surface area contributed by atoms with Crippen molar-refractivity contribution in [3.63, 3.8) is 0 Å². The first-order chi connectivity index (χ1) is 23.8. The van der Waals surface area contributed by atoms with Crippen molar-refractivity contribution >= 4 is 39.3 Å². The fourth-order valence-corrected chi connectivity index (χ4v) is 8.38. The van der Waals surface area contributed by atoms with Crippen LogP contribution in [0.1, 0.15) is 29.5 Å². The zero-order valence-corrected chi connectivity index (χ0v) is 30.8. The van der Waals surface area contributed by atoms with Gasteiger partial charge in [0, 0.05) is 63.1 Å². The van der Waals surface area contributed by atoms with Crippen LogP contribution in [0.15, 0.2) is 59.5 Å². The number of carbonyl (C=O) groups is 2. The number of hydrogen-bond acceptors (Lipinski definition) is 11. The van der Waals surface area contributed by atoms with Gasteiger partial charge in [-0.15, -0.1) is 0 Å². The molecule has 50 heavy (non-hydrogen) atoms. The van der Waals surface area contributed by atoms with Crippen molar-refractivity contribution in [2.45, 2.75) is 36.0 Å². The number of hydrogen-bond donors (Lipinski definition) is 0. The molecule has 1 fully saturated rings. The highest BCUT2D eigenvalue weighted by Gasteiger charge is 2.63. The number of likely N-dealkylation sites (N-methyl/N-ethyl adjacent to an activating group) is 1. The molecular formula is C35H43ClN4O9S. The molecule has 0 radical (unpaired) electrons. The van der Waals surface area contributed by atoms with Crippen molar-refractivity contribution in [1.82, 2.24) is 14.7 Å². The number of benzene rings is 3. The zero-order chi connectivity index (χ0) is 36.4. The molecule has 1 unspecified atom stereocenters. The topological polar surface area (TPSA) is 127 Å². The number of likely N-dealkylation sites (tertiary alicyclic amines) is 1. The van der Waals surface area contributed by atoms with Crippen molar-refractivity contribution in [1.29, 1.82) is 0 Å². The third-order valence-corrected chi connectivity index (χ3v) is 10.9. The third-order valence-electron chi connectivity index (χ3n) is 8.96. The van der Waals surface area contributed by atoms with E-state index in [0.29, 0.717) is 55.2 Å². The van der Waals surface area contributed by atoms with Gasteiger partial charge in [0.25, 0.3) is 15.9 Å². The molecule has 3 aromatic rings. The number of amides is 2. The van der Waals surface area contributed by atoms with Crippen LogP contribution in [-0.2, 0) is 36.4 Å². The van der Waals surface area contributed by atoms with Gasteiger partial charge in [-0.25, -0.2) is 22.4 Å². The maximum absolute atomic E-state index is 15.6. The Hall–Kier alpha value is -4.08. The van der Waals surface area contributed by atoms with Gasteiger partial charge in [0.15, 0.2) is 11.8 Å². The van der Waals surface area contributed by atoms with E-state index in [2.05, 4.69) is 4.90 Å². The Balaban J connectivity index is 1.81. The maximum atomic E-state index is 15.6. The molecule has 0 aromatic heterocycles. The van der Waals surface area contributed by atoms with Crippen molar-refractivity contribution in [2.24, 2.45) is 0 Å². The van der Waals surface area contributed by atoms with E-state index in [1.807, 2.05) is 19.2 Å². The summed E-state index contributed by atoms with van der Waals surface area (Å²) in [5.74, 6) is -0.125. The molecule has 2 atom stereocenters. The van der Waals surface area contributed by atoms with E-state index in [1.165, 1.54) is 56.6 Å². The number of nitrogens with zero attached hydrogens (tertiary/aromatic N) is 4. The molecule has 0 aliphatic carbocycles. The summed E-state index contributed by atoms with van der Waals surface area (Å²) in [6.07, 6.45) is -0.569. The fraction of sp³-hybridized carbons (Fsp3) is 0.429. The molecule has 15 heteroatoms. The summed E-state index contributed by atoms with van der Waals surface area (Å²) in [5, 5.41) is 0.276. The van der Waals surface area contributed by atoms with Crippen LogP contribution in [-0.4, -0.2) is 111 Å². The van der Waals surface area contributed by atoms with E-state index < -0.39 is 33.8 Å². The highest BCUT2D eigenvalue weighted by Crippen LogP contribution is 2.55. The highest BCUT2D eigenvalue weighted by atomic mass is 35.5. The van der Waals surface area contributed by atoms with Crippen molar-refractivity contribution in [3.8, 4) is 17.2 Å². The Morgan fingerprint density at radius 1 is 0.940 bits per heavy atom. The molecular weight excluding hydrogens is 688 g/mol. The second-order valence-corrected chi connectivity index (χ2v) is 14.5. The quantitative estimate of drug-likeness (QED) is 0.246. The van der Waals surface area contributed by atoms with Crippen LogP contribution in [0, 0.1) is 0 Å². The minimum atomic E-state index is -4.65. The predicted molar refractivity (Wildman–Crippen MR) is 188 cm³/mol. The monoisotopic (exact) mass is 730 g/mol. The van der Waals surface area contributed by atoms with Crippen LogP contribution < -0.4 is 18.5 Å². The molecule has 0 bridgehead atoms. The molecule has 270 valence electrons. The SMILES string of the molecule is COCCN(C)Cc1ccc(OC)c(C2(N3CCC[C@@H]3OC(=O)N(C)C)C(=O)N(S(=O)(=O)c3ccc(OC)cc3OC)c3ccc(Cl)cc32)c1. The standard InChI is InChI=1S/C35H43ClN4O9S/c1-37(2)34(42)49-32-9-8-16-39(32)35(27-19-23(10-14-29(27)47-6)22-38(3)17-18-45-4)26-20-24(36)11-13-28(26)40(33(35)41)50(43,44)31-15-12-25(46-5)21-30(31)48-7/h10-15,19-21,32H,8-9,16-18,22H2,1-7H3/t32-,35?/m0/s1. The van der Waals surface area contributed by atoms with Crippen LogP contribution in [0.25, 0.3) is 0 Å². The number of anilines is 1. The highest BCUT2D eigenvalue weighted by molar-refractivity contribution is 7.93. The van der Waals surface area contributed by atoms with Crippen molar-refractivity contribution < 1.29 is 41.7 Å². The van der Waals surface area contributed by atoms with Gasteiger partial charge in [-0.3, -0.25) is 9.69 Å². The van der Waals surface area contributed by atoms with E-state index in [1.54, 1.807) is 38.2 Å². The molecule has 13 nitrogen and oxygen atoms in total. The second kappa shape index (κ2) is 15.0. The number of rotatable bonds is 13. The van der Waals surface area contributed by atoms with E-state index in [9.17, 15) is 13.2 Å². The molecule has 2 amide bonds. The second-order valence-electron chi connectivity index (χ2n) is 12.3. The van der Waals surface area contributed by atoms with Gasteiger partial charge >= 0.3 is 6.09 Å². The number of ether oxygens (including phenoxy) is 5. The smallest absolute Gasteiger partial charge is 0.410 e. The lowest BCUT2D eigenvalue weighted by atomic mass is 9.80. The molecule has 2 heterocycles. The number of fused-ring (bicyclic) bond motifs is 1. The molecule has 0 N–H and O–H groups in total. The number of methoxy groups -OCH3 is 4. The van der Waals surface area contributed by atoms with E-state index in [-0.39, 0.29) is 27.9 Å². The number of sulfonamides is 1. The normalized spacial score (nSPS) is 19.1. The van der Waals surface area contributed by atoms with Gasteiger partial charge in [-0.1, -0.05) is 17.7 Å². The molecule has 5 rings (SSSR count). The third kappa shape index (κ3) is 6.58. The van der Waals surface area contributed by atoms with Gasteiger partial charge in [0.1, 0.15) is 22.1 Å². The maximum Gasteiger partial charge on any atom is 0.410 e. The van der Waals surface area contributed by atoms with E-state index >= 15 is 4.79 Å². The van der Waals surface area contributed by atoms with Crippen LogP contribution in [0.5, 0.6) is 17.2 Å². The van der Waals surface area contributed by atoms with Gasteiger partial charge in [0.05, 0.1) is 33.6 Å². The average molecular weight is 731 g/mol. The first-order valence-corrected chi connectivity index (χ1v) is 17.8. The zero-order valence-electron chi connectivity index (χ0n) is 29.3. The number of carbonyl (C=O) groups excluding carboxylic acids is 2. The largest absolute Gasteiger partial charge is 0.497 e. The molecule has 3 aromatic carbocycles. The van der Waals surface area contributed by atoms with E-state index in [0.717, 1.165) is 9.87 Å². The van der Waals surface area contributed by atoms with Gasteiger partial charge in [-0.2, -0.15) is 0 Å². The minimum Gasteiger partial charge on any atom is -0.497 e.